The Morgan fingerprint density at radius 3 is 3.06 bits per heavy atom. The van der Waals surface area contributed by atoms with Gasteiger partial charge in [-0.15, -0.1) is 11.3 Å². The Hall–Kier alpha value is -2.07. The van der Waals surface area contributed by atoms with Crippen LogP contribution in [-0.4, -0.2) is 10.1 Å². The SMILES string of the molecule is Cc1noc(CNc2cc(N)c(C#N)s2)n1. The van der Waals surface area contributed by atoms with E-state index in [2.05, 4.69) is 15.5 Å². The molecule has 0 unspecified atom stereocenters. The minimum absolute atomic E-state index is 0.422. The zero-order valence-electron chi connectivity index (χ0n) is 8.52. The summed E-state index contributed by atoms with van der Waals surface area (Å²) in [7, 11) is 0. The van der Waals surface area contributed by atoms with Crippen molar-refractivity contribution in [2.45, 2.75) is 13.5 Å². The highest BCUT2D eigenvalue weighted by Gasteiger charge is 2.07. The lowest BCUT2D eigenvalue weighted by molar-refractivity contribution is 0.379. The molecule has 0 saturated carbocycles. The van der Waals surface area contributed by atoms with Gasteiger partial charge in [-0.25, -0.2) is 0 Å². The van der Waals surface area contributed by atoms with Gasteiger partial charge in [-0.3, -0.25) is 0 Å². The second-order valence-corrected chi connectivity index (χ2v) is 4.15. The molecular formula is C9H9N5OS. The third kappa shape index (κ3) is 2.12. The van der Waals surface area contributed by atoms with Gasteiger partial charge in [0.2, 0.25) is 5.89 Å². The quantitative estimate of drug-likeness (QED) is 0.836. The number of nitrogen functional groups attached to an aromatic ring is 1. The molecule has 0 aliphatic rings. The van der Waals surface area contributed by atoms with Crippen LogP contribution < -0.4 is 11.1 Å². The Labute approximate surface area is 95.7 Å². The first-order valence-corrected chi connectivity index (χ1v) is 5.33. The van der Waals surface area contributed by atoms with Crippen molar-refractivity contribution in [3.05, 3.63) is 22.7 Å². The first-order valence-electron chi connectivity index (χ1n) is 4.51. The molecule has 0 aliphatic carbocycles. The topological polar surface area (TPSA) is 101 Å². The Morgan fingerprint density at radius 2 is 2.50 bits per heavy atom. The highest BCUT2D eigenvalue weighted by atomic mass is 32.1. The summed E-state index contributed by atoms with van der Waals surface area (Å²) in [5, 5.41) is 16.3. The van der Waals surface area contributed by atoms with Crippen molar-refractivity contribution < 1.29 is 4.52 Å². The minimum Gasteiger partial charge on any atom is -0.397 e. The van der Waals surface area contributed by atoms with Gasteiger partial charge in [-0.05, 0) is 13.0 Å². The molecule has 0 fully saturated rings. The van der Waals surface area contributed by atoms with E-state index in [1.807, 2.05) is 6.07 Å². The van der Waals surface area contributed by atoms with Gasteiger partial charge in [-0.2, -0.15) is 10.2 Å². The molecule has 2 rings (SSSR count). The number of nitriles is 1. The summed E-state index contributed by atoms with van der Waals surface area (Å²) in [6, 6.07) is 3.73. The molecule has 0 radical (unpaired) electrons. The fourth-order valence-corrected chi connectivity index (χ4v) is 1.93. The minimum atomic E-state index is 0.422. The summed E-state index contributed by atoms with van der Waals surface area (Å²) >= 11 is 1.30. The molecule has 6 nitrogen and oxygen atoms in total. The Balaban J connectivity index is 2.02. The van der Waals surface area contributed by atoms with Crippen molar-refractivity contribution in [3.63, 3.8) is 0 Å². The summed E-state index contributed by atoms with van der Waals surface area (Å²) in [6.07, 6.45) is 0. The van der Waals surface area contributed by atoms with Crippen LogP contribution in [0.5, 0.6) is 0 Å². The molecule has 2 aromatic rings. The third-order valence-electron chi connectivity index (χ3n) is 1.85. The highest BCUT2D eigenvalue weighted by molar-refractivity contribution is 7.17. The summed E-state index contributed by atoms with van der Waals surface area (Å²) in [4.78, 5) is 4.55. The maximum absolute atomic E-state index is 8.73. The van der Waals surface area contributed by atoms with Crippen LogP contribution in [0.3, 0.4) is 0 Å². The number of rotatable bonds is 3. The van der Waals surface area contributed by atoms with Gasteiger partial charge < -0.3 is 15.6 Å². The number of thiophene rings is 1. The molecule has 0 bridgehead atoms. The second kappa shape index (κ2) is 4.20. The highest BCUT2D eigenvalue weighted by Crippen LogP contribution is 2.28. The van der Waals surface area contributed by atoms with E-state index in [0.29, 0.717) is 28.8 Å². The van der Waals surface area contributed by atoms with E-state index in [1.54, 1.807) is 13.0 Å². The number of aromatic nitrogens is 2. The molecule has 3 N–H and O–H groups in total. The molecule has 0 aliphatic heterocycles. The van der Waals surface area contributed by atoms with Crippen LogP contribution in [0, 0.1) is 18.3 Å². The van der Waals surface area contributed by atoms with E-state index in [0.717, 1.165) is 5.00 Å². The third-order valence-corrected chi connectivity index (χ3v) is 2.86. The van der Waals surface area contributed by atoms with E-state index in [-0.39, 0.29) is 0 Å². The summed E-state index contributed by atoms with van der Waals surface area (Å²) in [5.74, 6) is 1.10. The number of anilines is 2. The molecule has 16 heavy (non-hydrogen) atoms. The van der Waals surface area contributed by atoms with Gasteiger partial charge in [0.15, 0.2) is 5.82 Å². The van der Waals surface area contributed by atoms with E-state index < -0.39 is 0 Å². The number of nitrogens with one attached hydrogen (secondary N) is 1. The van der Waals surface area contributed by atoms with Crippen molar-refractivity contribution in [1.82, 2.24) is 10.1 Å². The zero-order chi connectivity index (χ0) is 11.5. The van der Waals surface area contributed by atoms with E-state index in [4.69, 9.17) is 15.5 Å². The zero-order valence-corrected chi connectivity index (χ0v) is 9.34. The Morgan fingerprint density at radius 1 is 1.69 bits per heavy atom. The standard InChI is InChI=1S/C9H9N5OS/c1-5-13-8(15-14-5)4-12-9-2-6(11)7(3-10)16-9/h2,12H,4,11H2,1H3. The van der Waals surface area contributed by atoms with E-state index in [9.17, 15) is 0 Å². The van der Waals surface area contributed by atoms with Crippen LogP contribution in [0.4, 0.5) is 10.7 Å². The molecule has 0 spiro atoms. The molecule has 82 valence electrons. The number of aryl methyl sites for hydroxylation is 1. The fourth-order valence-electron chi connectivity index (χ4n) is 1.15. The number of hydrogen-bond donors (Lipinski definition) is 2. The van der Waals surface area contributed by atoms with Crippen LogP contribution in [0.25, 0.3) is 0 Å². The van der Waals surface area contributed by atoms with Gasteiger partial charge in [0.05, 0.1) is 17.2 Å². The first-order chi connectivity index (χ1) is 7.69. The molecule has 0 atom stereocenters. The van der Waals surface area contributed by atoms with Gasteiger partial charge in [0.1, 0.15) is 10.9 Å². The number of nitrogens with zero attached hydrogens (tertiary/aromatic N) is 3. The normalized spacial score (nSPS) is 10.0. The smallest absolute Gasteiger partial charge is 0.245 e. The lowest BCUT2D eigenvalue weighted by Crippen LogP contribution is -1.97. The molecule has 0 aromatic carbocycles. The fraction of sp³-hybridized carbons (Fsp3) is 0.222. The second-order valence-electron chi connectivity index (χ2n) is 3.10. The summed E-state index contributed by atoms with van der Waals surface area (Å²) in [5.41, 5.74) is 6.10. The van der Waals surface area contributed by atoms with Crippen LogP contribution in [0.1, 0.15) is 16.6 Å². The molecule has 2 heterocycles. The average molecular weight is 235 g/mol. The van der Waals surface area contributed by atoms with Crippen molar-refractivity contribution in [2.24, 2.45) is 0 Å². The lowest BCUT2D eigenvalue weighted by Gasteiger charge is -1.96. The number of hydrogen-bond acceptors (Lipinski definition) is 7. The van der Waals surface area contributed by atoms with Gasteiger partial charge in [0.25, 0.3) is 0 Å². The largest absolute Gasteiger partial charge is 0.397 e. The maximum atomic E-state index is 8.73. The molecular weight excluding hydrogens is 226 g/mol. The Kier molecular flexibility index (Phi) is 2.74. The van der Waals surface area contributed by atoms with Gasteiger partial charge in [0, 0.05) is 0 Å². The molecule has 2 aromatic heterocycles. The predicted octanol–water partition coefficient (Wildman–Crippen LogP) is 1.51. The number of nitrogens with two attached hydrogens (primary N) is 1. The lowest BCUT2D eigenvalue weighted by atomic mass is 10.4. The molecule has 7 heteroatoms. The van der Waals surface area contributed by atoms with Gasteiger partial charge in [-0.1, -0.05) is 5.16 Å². The van der Waals surface area contributed by atoms with Crippen LogP contribution in [-0.2, 0) is 6.54 Å². The van der Waals surface area contributed by atoms with Crippen molar-refractivity contribution in [2.75, 3.05) is 11.1 Å². The van der Waals surface area contributed by atoms with Crippen molar-refractivity contribution >= 4 is 22.0 Å². The summed E-state index contributed by atoms with van der Waals surface area (Å²) < 4.78 is 4.93. The van der Waals surface area contributed by atoms with E-state index in [1.165, 1.54) is 11.3 Å². The summed E-state index contributed by atoms with van der Waals surface area (Å²) in [6.45, 7) is 2.18. The van der Waals surface area contributed by atoms with Crippen LogP contribution in [0.15, 0.2) is 10.6 Å². The molecule has 0 saturated heterocycles. The van der Waals surface area contributed by atoms with Crippen LogP contribution in [0.2, 0.25) is 0 Å². The van der Waals surface area contributed by atoms with Gasteiger partial charge >= 0.3 is 0 Å². The van der Waals surface area contributed by atoms with Crippen molar-refractivity contribution in [1.29, 1.82) is 5.26 Å². The predicted molar refractivity (Wildman–Crippen MR) is 59.8 cm³/mol. The average Bonchev–Trinajstić information content (AvgIpc) is 2.82. The maximum Gasteiger partial charge on any atom is 0.245 e. The Bertz CT molecular complexity index is 538. The van der Waals surface area contributed by atoms with Crippen molar-refractivity contribution in [3.8, 4) is 6.07 Å². The molecule has 0 amide bonds. The van der Waals surface area contributed by atoms with Crippen LogP contribution >= 0.6 is 11.3 Å². The monoisotopic (exact) mass is 235 g/mol. The van der Waals surface area contributed by atoms with E-state index >= 15 is 0 Å². The first kappa shape index (κ1) is 10.4.